The summed E-state index contributed by atoms with van der Waals surface area (Å²) >= 11 is 2.14. The lowest BCUT2D eigenvalue weighted by Crippen LogP contribution is -2.30. The minimum absolute atomic E-state index is 0.0623. The molecule has 1 amide bonds. The SMILES string of the molecule is CC(=O)N1CCc2cc([N+](=O)[O-])cc(I)c2CC1. The van der Waals surface area contributed by atoms with Crippen LogP contribution < -0.4 is 0 Å². The Kier molecular flexibility index (Phi) is 3.84. The maximum Gasteiger partial charge on any atom is 0.270 e. The number of rotatable bonds is 1. The van der Waals surface area contributed by atoms with Crippen LogP contribution in [0.3, 0.4) is 0 Å². The standard InChI is InChI=1S/C12H13IN2O3/c1-8(16)14-4-2-9-6-10(15(17)18)7-12(13)11(9)3-5-14/h6-7H,2-5H2,1H3. The molecule has 0 fully saturated rings. The summed E-state index contributed by atoms with van der Waals surface area (Å²) in [7, 11) is 0. The Hall–Kier alpha value is -1.18. The van der Waals surface area contributed by atoms with E-state index in [2.05, 4.69) is 22.6 Å². The van der Waals surface area contributed by atoms with Crippen molar-refractivity contribution in [3.63, 3.8) is 0 Å². The average Bonchev–Trinajstić information content (AvgIpc) is 2.51. The number of nitro groups is 1. The van der Waals surface area contributed by atoms with Gasteiger partial charge in [0.2, 0.25) is 5.91 Å². The molecule has 0 bridgehead atoms. The van der Waals surface area contributed by atoms with Crippen LogP contribution in [0.15, 0.2) is 12.1 Å². The first-order valence-electron chi connectivity index (χ1n) is 5.70. The topological polar surface area (TPSA) is 63.5 Å². The summed E-state index contributed by atoms with van der Waals surface area (Å²) in [6.45, 7) is 2.89. The molecule has 0 unspecified atom stereocenters. The van der Waals surface area contributed by atoms with Crippen LogP contribution in [0.2, 0.25) is 0 Å². The molecule has 1 aliphatic rings. The molecule has 0 radical (unpaired) electrons. The Morgan fingerprint density at radius 2 is 2.06 bits per heavy atom. The fraction of sp³-hybridized carbons (Fsp3) is 0.417. The second kappa shape index (κ2) is 5.21. The molecule has 0 saturated carbocycles. The third kappa shape index (κ3) is 2.63. The summed E-state index contributed by atoms with van der Waals surface area (Å²) in [6.07, 6.45) is 1.46. The molecule has 1 aromatic carbocycles. The lowest BCUT2D eigenvalue weighted by Gasteiger charge is -2.17. The Bertz CT molecular complexity index is 516. The normalized spacial score (nSPS) is 14.9. The van der Waals surface area contributed by atoms with Gasteiger partial charge >= 0.3 is 0 Å². The van der Waals surface area contributed by atoms with E-state index in [0.29, 0.717) is 19.5 Å². The summed E-state index contributed by atoms with van der Waals surface area (Å²) < 4.78 is 0.919. The zero-order chi connectivity index (χ0) is 13.3. The number of amides is 1. The molecule has 6 heteroatoms. The summed E-state index contributed by atoms with van der Waals surface area (Å²) in [4.78, 5) is 23.6. The highest BCUT2D eigenvalue weighted by atomic mass is 127. The van der Waals surface area contributed by atoms with Crippen molar-refractivity contribution < 1.29 is 9.72 Å². The molecule has 5 nitrogen and oxygen atoms in total. The molecule has 0 spiro atoms. The average molecular weight is 360 g/mol. The van der Waals surface area contributed by atoms with Gasteiger partial charge in [-0.05, 0) is 46.6 Å². The van der Waals surface area contributed by atoms with Gasteiger partial charge in [-0.25, -0.2) is 0 Å². The highest BCUT2D eigenvalue weighted by Crippen LogP contribution is 2.27. The number of nitrogens with zero attached hydrogens (tertiary/aromatic N) is 2. The molecular formula is C12H13IN2O3. The van der Waals surface area contributed by atoms with E-state index in [1.54, 1.807) is 24.0 Å². The van der Waals surface area contributed by atoms with Gasteiger partial charge in [-0.2, -0.15) is 0 Å². The Balaban J connectivity index is 2.35. The number of carbonyl (C=O) groups is 1. The lowest BCUT2D eigenvalue weighted by molar-refractivity contribution is -0.385. The molecule has 1 aliphatic heterocycles. The van der Waals surface area contributed by atoms with Crippen LogP contribution in [0, 0.1) is 13.7 Å². The molecule has 2 rings (SSSR count). The van der Waals surface area contributed by atoms with Crippen molar-refractivity contribution in [2.75, 3.05) is 13.1 Å². The molecule has 18 heavy (non-hydrogen) atoms. The summed E-state index contributed by atoms with van der Waals surface area (Å²) in [5.41, 5.74) is 2.27. The number of hydrogen-bond donors (Lipinski definition) is 0. The van der Waals surface area contributed by atoms with Gasteiger partial charge < -0.3 is 4.90 Å². The monoisotopic (exact) mass is 360 g/mol. The maximum absolute atomic E-state index is 11.4. The van der Waals surface area contributed by atoms with Crippen LogP contribution in [-0.2, 0) is 17.6 Å². The van der Waals surface area contributed by atoms with Crippen LogP contribution in [0.1, 0.15) is 18.1 Å². The van der Waals surface area contributed by atoms with Gasteiger partial charge in [0.15, 0.2) is 0 Å². The molecule has 0 N–H and O–H groups in total. The number of hydrogen-bond acceptors (Lipinski definition) is 3. The number of non-ortho nitro benzene ring substituents is 1. The van der Waals surface area contributed by atoms with Crippen LogP contribution in [0.4, 0.5) is 5.69 Å². The third-order valence-electron chi connectivity index (χ3n) is 3.21. The summed E-state index contributed by atoms with van der Waals surface area (Å²) in [5.74, 6) is 0.0623. The predicted octanol–water partition coefficient (Wildman–Crippen LogP) is 2.15. The summed E-state index contributed by atoms with van der Waals surface area (Å²) in [6, 6.07) is 3.24. The zero-order valence-corrected chi connectivity index (χ0v) is 12.1. The van der Waals surface area contributed by atoms with E-state index in [-0.39, 0.29) is 16.5 Å². The van der Waals surface area contributed by atoms with Crippen molar-refractivity contribution in [1.29, 1.82) is 0 Å². The van der Waals surface area contributed by atoms with Gasteiger partial charge in [0.05, 0.1) is 4.92 Å². The Morgan fingerprint density at radius 3 is 2.67 bits per heavy atom. The second-order valence-corrected chi connectivity index (χ2v) is 5.49. The van der Waals surface area contributed by atoms with Crippen molar-refractivity contribution in [2.24, 2.45) is 0 Å². The highest BCUT2D eigenvalue weighted by molar-refractivity contribution is 14.1. The third-order valence-corrected chi connectivity index (χ3v) is 4.17. The summed E-state index contributed by atoms with van der Waals surface area (Å²) in [5, 5.41) is 10.8. The molecule has 0 atom stereocenters. The number of benzene rings is 1. The van der Waals surface area contributed by atoms with Gasteiger partial charge in [-0.15, -0.1) is 0 Å². The van der Waals surface area contributed by atoms with E-state index < -0.39 is 0 Å². The van der Waals surface area contributed by atoms with Crippen LogP contribution >= 0.6 is 22.6 Å². The fourth-order valence-electron chi connectivity index (χ4n) is 2.21. The molecule has 0 aromatic heterocycles. The minimum atomic E-state index is -0.365. The molecule has 1 heterocycles. The molecule has 0 aliphatic carbocycles. The number of fused-ring (bicyclic) bond motifs is 1. The molecule has 1 aromatic rings. The van der Waals surface area contributed by atoms with E-state index in [9.17, 15) is 14.9 Å². The van der Waals surface area contributed by atoms with E-state index in [1.807, 2.05) is 0 Å². The fourth-order valence-corrected chi connectivity index (χ4v) is 3.15. The van der Waals surface area contributed by atoms with Crippen molar-refractivity contribution in [3.8, 4) is 0 Å². The first kappa shape index (κ1) is 13.3. The first-order valence-corrected chi connectivity index (χ1v) is 6.78. The van der Waals surface area contributed by atoms with Gasteiger partial charge in [-0.3, -0.25) is 14.9 Å². The van der Waals surface area contributed by atoms with Crippen LogP contribution in [-0.4, -0.2) is 28.8 Å². The Labute approximate surface area is 118 Å². The first-order chi connectivity index (χ1) is 8.49. The zero-order valence-electron chi connectivity index (χ0n) is 9.98. The Morgan fingerprint density at radius 1 is 1.39 bits per heavy atom. The van der Waals surface area contributed by atoms with E-state index in [1.165, 1.54) is 0 Å². The van der Waals surface area contributed by atoms with Crippen molar-refractivity contribution in [3.05, 3.63) is 36.9 Å². The lowest BCUT2D eigenvalue weighted by atomic mass is 10.0. The van der Waals surface area contributed by atoms with Crippen LogP contribution in [0.5, 0.6) is 0 Å². The molecular weight excluding hydrogens is 347 g/mol. The minimum Gasteiger partial charge on any atom is -0.342 e. The van der Waals surface area contributed by atoms with Gasteiger partial charge in [0.1, 0.15) is 0 Å². The van der Waals surface area contributed by atoms with Gasteiger partial charge in [0, 0.05) is 35.7 Å². The number of nitro benzene ring substituents is 1. The van der Waals surface area contributed by atoms with Crippen molar-refractivity contribution in [1.82, 2.24) is 4.90 Å². The maximum atomic E-state index is 11.4. The highest BCUT2D eigenvalue weighted by Gasteiger charge is 2.20. The van der Waals surface area contributed by atoms with Crippen molar-refractivity contribution >= 4 is 34.2 Å². The number of carbonyl (C=O) groups excluding carboxylic acids is 1. The largest absolute Gasteiger partial charge is 0.342 e. The van der Waals surface area contributed by atoms with Crippen molar-refractivity contribution in [2.45, 2.75) is 19.8 Å². The van der Waals surface area contributed by atoms with E-state index >= 15 is 0 Å². The van der Waals surface area contributed by atoms with Crippen LogP contribution in [0.25, 0.3) is 0 Å². The molecule has 96 valence electrons. The molecule has 0 saturated heterocycles. The predicted molar refractivity (Wildman–Crippen MR) is 75.5 cm³/mol. The van der Waals surface area contributed by atoms with Gasteiger partial charge in [0.25, 0.3) is 5.69 Å². The second-order valence-electron chi connectivity index (χ2n) is 4.33. The van der Waals surface area contributed by atoms with E-state index in [4.69, 9.17) is 0 Å². The smallest absolute Gasteiger partial charge is 0.270 e. The quantitative estimate of drug-likeness (QED) is 0.438. The van der Waals surface area contributed by atoms with E-state index in [0.717, 1.165) is 21.1 Å². The number of halogens is 1. The van der Waals surface area contributed by atoms with Gasteiger partial charge in [-0.1, -0.05) is 0 Å².